The monoisotopic (exact) mass is 267 g/mol. The highest BCUT2D eigenvalue weighted by Gasteiger charge is 2.07. The van der Waals surface area contributed by atoms with Crippen LogP contribution in [0.5, 0.6) is 0 Å². The first-order valence-electron chi connectivity index (χ1n) is 6.10. The molecule has 1 aromatic rings. The minimum atomic E-state index is -1.02. The lowest BCUT2D eigenvalue weighted by atomic mass is 10.1. The number of rotatable bonds is 8. The molecule has 4 N–H and O–H groups in total. The van der Waals surface area contributed by atoms with Crippen LogP contribution in [0.4, 0.5) is 11.4 Å². The first-order chi connectivity index (χ1) is 9.00. The summed E-state index contributed by atoms with van der Waals surface area (Å²) < 4.78 is 5.43. The molecule has 1 rings (SSSR count). The second-order valence-corrected chi connectivity index (χ2v) is 4.45. The number of carbonyl (C=O) groups is 1. The maximum absolute atomic E-state index is 10.8. The van der Waals surface area contributed by atoms with Gasteiger partial charge in [0.25, 0.3) is 0 Å². The van der Waals surface area contributed by atoms with Gasteiger partial charge in [0.15, 0.2) is 0 Å². The Hall–Kier alpha value is -1.79. The summed E-state index contributed by atoms with van der Waals surface area (Å²) in [4.78, 5) is 12.9. The van der Waals surface area contributed by atoms with E-state index in [0.717, 1.165) is 12.2 Å². The Bertz CT molecular complexity index is 422. The molecule has 0 heterocycles. The molecule has 0 aromatic heterocycles. The zero-order valence-electron chi connectivity index (χ0n) is 11.3. The Labute approximate surface area is 113 Å². The summed E-state index contributed by atoms with van der Waals surface area (Å²) in [5.74, 6) is -1.02. The third-order valence-corrected chi connectivity index (χ3v) is 2.54. The molecule has 0 bridgehead atoms. The summed E-state index contributed by atoms with van der Waals surface area (Å²) in [6.45, 7) is 2.82. The highest BCUT2D eigenvalue weighted by molar-refractivity contribution is 5.94. The van der Waals surface area contributed by atoms with Gasteiger partial charge in [-0.1, -0.05) is 0 Å². The summed E-state index contributed by atoms with van der Waals surface area (Å²) in [6.07, 6.45) is 0. The Morgan fingerprint density at radius 2 is 2.16 bits per heavy atom. The number of anilines is 2. The summed E-state index contributed by atoms with van der Waals surface area (Å²) in [5, 5.41) is 12.0. The van der Waals surface area contributed by atoms with Crippen molar-refractivity contribution in [3.63, 3.8) is 0 Å². The Kier molecular flexibility index (Phi) is 6.11. The highest BCUT2D eigenvalue weighted by Crippen LogP contribution is 2.17. The van der Waals surface area contributed by atoms with E-state index in [2.05, 4.69) is 10.2 Å². The van der Waals surface area contributed by atoms with Crippen LogP contribution in [0.3, 0.4) is 0 Å². The Morgan fingerprint density at radius 3 is 2.74 bits per heavy atom. The van der Waals surface area contributed by atoms with Crippen LogP contribution in [0.15, 0.2) is 18.2 Å². The molecule has 19 heavy (non-hydrogen) atoms. The van der Waals surface area contributed by atoms with Crippen LogP contribution in [0.1, 0.15) is 10.4 Å². The molecule has 0 saturated heterocycles. The molecule has 0 saturated carbocycles. The quantitative estimate of drug-likeness (QED) is 0.480. The topological polar surface area (TPSA) is 87.8 Å². The normalized spacial score (nSPS) is 10.7. The van der Waals surface area contributed by atoms with Gasteiger partial charge in [-0.25, -0.2) is 4.79 Å². The second-order valence-electron chi connectivity index (χ2n) is 4.45. The molecule has 0 amide bonds. The van der Waals surface area contributed by atoms with E-state index in [1.54, 1.807) is 12.1 Å². The Morgan fingerprint density at radius 1 is 1.42 bits per heavy atom. The largest absolute Gasteiger partial charge is 0.478 e. The molecule has 0 radical (unpaired) electrons. The molecule has 1 aromatic carbocycles. The molecule has 0 aliphatic rings. The summed E-state index contributed by atoms with van der Waals surface area (Å²) in [5.41, 5.74) is 6.81. The summed E-state index contributed by atoms with van der Waals surface area (Å²) >= 11 is 0. The molecule has 6 nitrogen and oxygen atoms in total. The van der Waals surface area contributed by atoms with Crippen molar-refractivity contribution in [1.82, 2.24) is 4.90 Å². The van der Waals surface area contributed by atoms with E-state index in [4.69, 9.17) is 15.6 Å². The minimum absolute atomic E-state index is 0.118. The van der Waals surface area contributed by atoms with Crippen LogP contribution in [0.25, 0.3) is 0 Å². The average Bonchev–Trinajstić information content (AvgIpc) is 2.32. The van der Waals surface area contributed by atoms with E-state index < -0.39 is 5.97 Å². The lowest BCUT2D eigenvalue weighted by molar-refractivity contribution is 0.0698. The molecule has 0 aliphatic heterocycles. The molecule has 0 atom stereocenters. The molecule has 0 aliphatic carbocycles. The van der Waals surface area contributed by atoms with Crippen LogP contribution in [-0.4, -0.2) is 56.4 Å². The molecule has 0 spiro atoms. The lowest BCUT2D eigenvalue weighted by Gasteiger charge is -2.11. The van der Waals surface area contributed by atoms with Crippen molar-refractivity contribution >= 4 is 17.3 Å². The smallest absolute Gasteiger partial charge is 0.337 e. The molecule has 106 valence electrons. The first kappa shape index (κ1) is 15.3. The molecule has 0 fully saturated rings. The van der Waals surface area contributed by atoms with Gasteiger partial charge in [-0.3, -0.25) is 0 Å². The third kappa shape index (κ3) is 5.58. The average molecular weight is 267 g/mol. The van der Waals surface area contributed by atoms with Gasteiger partial charge in [0.2, 0.25) is 0 Å². The van der Waals surface area contributed by atoms with Crippen molar-refractivity contribution in [3.8, 4) is 0 Å². The second kappa shape index (κ2) is 7.60. The van der Waals surface area contributed by atoms with E-state index in [1.165, 1.54) is 6.07 Å². The van der Waals surface area contributed by atoms with Gasteiger partial charge in [-0.15, -0.1) is 0 Å². The Balaban J connectivity index is 2.30. The SMILES string of the molecule is CN(C)CCOCCNc1ccc(C(=O)O)c(N)c1. The number of carboxylic acids is 1. The predicted octanol–water partition coefficient (Wildman–Crippen LogP) is 0.957. The van der Waals surface area contributed by atoms with Gasteiger partial charge in [0.1, 0.15) is 0 Å². The van der Waals surface area contributed by atoms with Crippen molar-refractivity contribution in [2.75, 3.05) is 51.4 Å². The van der Waals surface area contributed by atoms with Crippen molar-refractivity contribution in [2.24, 2.45) is 0 Å². The minimum Gasteiger partial charge on any atom is -0.478 e. The van der Waals surface area contributed by atoms with Gasteiger partial charge in [-0.05, 0) is 32.3 Å². The van der Waals surface area contributed by atoms with Crippen molar-refractivity contribution in [2.45, 2.75) is 0 Å². The van der Waals surface area contributed by atoms with E-state index in [0.29, 0.717) is 19.8 Å². The van der Waals surface area contributed by atoms with Crippen LogP contribution in [0, 0.1) is 0 Å². The summed E-state index contributed by atoms with van der Waals surface area (Å²) in [6, 6.07) is 4.80. The van der Waals surface area contributed by atoms with E-state index in [-0.39, 0.29) is 11.3 Å². The number of ether oxygens (including phenoxy) is 1. The maximum atomic E-state index is 10.8. The fourth-order valence-electron chi connectivity index (χ4n) is 1.48. The zero-order chi connectivity index (χ0) is 14.3. The van der Waals surface area contributed by atoms with Crippen LogP contribution in [-0.2, 0) is 4.74 Å². The van der Waals surface area contributed by atoms with Crippen molar-refractivity contribution in [3.05, 3.63) is 23.8 Å². The van der Waals surface area contributed by atoms with E-state index in [9.17, 15) is 4.79 Å². The standard InChI is InChI=1S/C13H21N3O3/c1-16(2)6-8-19-7-5-15-10-3-4-11(13(17)18)12(14)9-10/h3-4,9,15H,5-8,14H2,1-2H3,(H,17,18). The number of nitrogens with two attached hydrogens (primary N) is 1. The van der Waals surface area contributed by atoms with Crippen LogP contribution in [0.2, 0.25) is 0 Å². The van der Waals surface area contributed by atoms with Crippen molar-refractivity contribution < 1.29 is 14.6 Å². The molecular formula is C13H21N3O3. The number of benzene rings is 1. The van der Waals surface area contributed by atoms with Gasteiger partial charge in [0, 0.05) is 24.5 Å². The molecule has 0 unspecified atom stereocenters. The van der Waals surface area contributed by atoms with Gasteiger partial charge >= 0.3 is 5.97 Å². The van der Waals surface area contributed by atoms with E-state index >= 15 is 0 Å². The maximum Gasteiger partial charge on any atom is 0.337 e. The number of carboxylic acid groups (broad SMARTS) is 1. The molecule has 6 heteroatoms. The number of nitrogens with one attached hydrogen (secondary N) is 1. The number of hydrogen-bond donors (Lipinski definition) is 3. The number of aromatic carboxylic acids is 1. The number of hydrogen-bond acceptors (Lipinski definition) is 5. The zero-order valence-corrected chi connectivity index (χ0v) is 11.3. The number of nitrogen functional groups attached to an aromatic ring is 1. The summed E-state index contributed by atoms with van der Waals surface area (Å²) in [7, 11) is 3.99. The lowest BCUT2D eigenvalue weighted by Crippen LogP contribution is -2.20. The third-order valence-electron chi connectivity index (χ3n) is 2.54. The van der Waals surface area contributed by atoms with Gasteiger partial charge in [-0.2, -0.15) is 0 Å². The highest BCUT2D eigenvalue weighted by atomic mass is 16.5. The van der Waals surface area contributed by atoms with E-state index in [1.807, 2.05) is 14.1 Å². The van der Waals surface area contributed by atoms with Crippen molar-refractivity contribution in [1.29, 1.82) is 0 Å². The van der Waals surface area contributed by atoms with Gasteiger partial charge in [0.05, 0.1) is 18.8 Å². The number of likely N-dealkylation sites (N-methyl/N-ethyl adjacent to an activating group) is 1. The van der Waals surface area contributed by atoms with Gasteiger partial charge < -0.3 is 25.8 Å². The van der Waals surface area contributed by atoms with Crippen LogP contribution >= 0.6 is 0 Å². The predicted molar refractivity (Wildman–Crippen MR) is 75.7 cm³/mol. The number of nitrogens with zero attached hydrogens (tertiary/aromatic N) is 1. The first-order valence-corrected chi connectivity index (χ1v) is 6.10. The van der Waals surface area contributed by atoms with Crippen LogP contribution < -0.4 is 11.1 Å². The fourth-order valence-corrected chi connectivity index (χ4v) is 1.48. The molecular weight excluding hydrogens is 246 g/mol. The fraction of sp³-hybridized carbons (Fsp3) is 0.462.